The first kappa shape index (κ1) is 16.3. The molecule has 1 aliphatic rings. The SMILES string of the molecule is COC(=O)c1ccc2c(c1)C(c1ccc(OC)cc1C)=C(C)CC2. The van der Waals surface area contributed by atoms with E-state index in [1.165, 1.54) is 34.9 Å². The van der Waals surface area contributed by atoms with Crippen LogP contribution < -0.4 is 4.74 Å². The van der Waals surface area contributed by atoms with E-state index in [1.54, 1.807) is 7.11 Å². The van der Waals surface area contributed by atoms with E-state index in [9.17, 15) is 4.79 Å². The first-order valence-corrected chi connectivity index (χ1v) is 8.11. The highest BCUT2D eigenvalue weighted by atomic mass is 16.5. The number of allylic oxidation sites excluding steroid dienone is 1. The number of hydrogen-bond donors (Lipinski definition) is 0. The number of benzene rings is 2. The lowest BCUT2D eigenvalue weighted by atomic mass is 9.81. The summed E-state index contributed by atoms with van der Waals surface area (Å²) in [4.78, 5) is 11.9. The lowest BCUT2D eigenvalue weighted by Crippen LogP contribution is -2.09. The third-order valence-electron chi connectivity index (χ3n) is 4.70. The van der Waals surface area contributed by atoms with Crippen LogP contribution in [0, 0.1) is 6.92 Å². The molecule has 0 fully saturated rings. The topological polar surface area (TPSA) is 35.5 Å². The first-order valence-electron chi connectivity index (χ1n) is 8.11. The molecule has 2 aromatic carbocycles. The normalized spacial score (nSPS) is 13.5. The van der Waals surface area contributed by atoms with Crippen molar-refractivity contribution < 1.29 is 14.3 Å². The number of esters is 1. The van der Waals surface area contributed by atoms with Crippen LogP contribution in [0.25, 0.3) is 5.57 Å². The average Bonchev–Trinajstić information content (AvgIpc) is 2.61. The van der Waals surface area contributed by atoms with E-state index in [0.717, 1.165) is 24.2 Å². The molecular weight excluding hydrogens is 300 g/mol. The molecule has 0 atom stereocenters. The molecule has 0 aliphatic heterocycles. The Morgan fingerprint density at radius 3 is 2.42 bits per heavy atom. The number of carbonyl (C=O) groups is 1. The van der Waals surface area contributed by atoms with Crippen molar-refractivity contribution in [3.63, 3.8) is 0 Å². The summed E-state index contributed by atoms with van der Waals surface area (Å²) >= 11 is 0. The predicted molar refractivity (Wildman–Crippen MR) is 95.5 cm³/mol. The number of ether oxygens (including phenoxy) is 2. The largest absolute Gasteiger partial charge is 0.497 e. The third kappa shape index (κ3) is 2.82. The smallest absolute Gasteiger partial charge is 0.337 e. The van der Waals surface area contributed by atoms with E-state index >= 15 is 0 Å². The fraction of sp³-hybridized carbons (Fsp3) is 0.286. The molecule has 3 nitrogen and oxygen atoms in total. The summed E-state index contributed by atoms with van der Waals surface area (Å²) in [6.07, 6.45) is 2.03. The molecule has 3 heteroatoms. The number of fused-ring (bicyclic) bond motifs is 1. The summed E-state index contributed by atoms with van der Waals surface area (Å²) in [5, 5.41) is 0. The minimum absolute atomic E-state index is 0.299. The van der Waals surface area contributed by atoms with Crippen molar-refractivity contribution in [2.45, 2.75) is 26.7 Å². The van der Waals surface area contributed by atoms with Crippen molar-refractivity contribution in [2.75, 3.05) is 14.2 Å². The van der Waals surface area contributed by atoms with Crippen LogP contribution in [0.15, 0.2) is 42.0 Å². The Balaban J connectivity index is 2.17. The number of carbonyl (C=O) groups excluding carboxylic acids is 1. The zero-order valence-electron chi connectivity index (χ0n) is 14.6. The molecule has 0 spiro atoms. The summed E-state index contributed by atoms with van der Waals surface area (Å²) in [5.41, 5.74) is 7.93. The van der Waals surface area contributed by atoms with Gasteiger partial charge in [0.15, 0.2) is 0 Å². The van der Waals surface area contributed by atoms with Crippen LogP contribution in [0.2, 0.25) is 0 Å². The summed E-state index contributed by atoms with van der Waals surface area (Å²) in [7, 11) is 3.09. The van der Waals surface area contributed by atoms with Gasteiger partial charge in [-0.15, -0.1) is 0 Å². The first-order chi connectivity index (χ1) is 11.5. The molecular formula is C21H22O3. The van der Waals surface area contributed by atoms with Gasteiger partial charge in [0, 0.05) is 0 Å². The average molecular weight is 322 g/mol. The highest BCUT2D eigenvalue weighted by Crippen LogP contribution is 2.38. The summed E-state index contributed by atoms with van der Waals surface area (Å²) in [6, 6.07) is 12.0. The van der Waals surface area contributed by atoms with Crippen molar-refractivity contribution in [1.29, 1.82) is 0 Å². The zero-order valence-corrected chi connectivity index (χ0v) is 14.6. The van der Waals surface area contributed by atoms with Gasteiger partial charge in [-0.3, -0.25) is 0 Å². The quantitative estimate of drug-likeness (QED) is 0.777. The van der Waals surface area contributed by atoms with Gasteiger partial charge in [0.05, 0.1) is 19.8 Å². The summed E-state index contributed by atoms with van der Waals surface area (Å²) in [5.74, 6) is 0.556. The van der Waals surface area contributed by atoms with Crippen LogP contribution in [-0.2, 0) is 11.2 Å². The van der Waals surface area contributed by atoms with Crippen LogP contribution in [0.3, 0.4) is 0 Å². The molecule has 1 aliphatic carbocycles. The molecule has 0 saturated heterocycles. The molecule has 0 saturated carbocycles. The van der Waals surface area contributed by atoms with E-state index in [2.05, 4.69) is 19.9 Å². The number of rotatable bonds is 3. The minimum Gasteiger partial charge on any atom is -0.497 e. The Morgan fingerprint density at radius 2 is 1.75 bits per heavy atom. The lowest BCUT2D eigenvalue weighted by Gasteiger charge is -2.24. The molecule has 3 rings (SSSR count). The zero-order chi connectivity index (χ0) is 17.3. The second-order valence-electron chi connectivity index (χ2n) is 6.20. The van der Waals surface area contributed by atoms with Crippen LogP contribution in [-0.4, -0.2) is 20.2 Å². The molecule has 0 bridgehead atoms. The maximum absolute atomic E-state index is 11.9. The molecule has 0 radical (unpaired) electrons. The van der Waals surface area contributed by atoms with Crippen molar-refractivity contribution in [3.8, 4) is 5.75 Å². The number of hydrogen-bond acceptors (Lipinski definition) is 3. The molecule has 2 aromatic rings. The van der Waals surface area contributed by atoms with Gasteiger partial charge in [0.2, 0.25) is 0 Å². The van der Waals surface area contributed by atoms with Crippen LogP contribution in [0.5, 0.6) is 5.75 Å². The molecule has 0 N–H and O–H groups in total. The van der Waals surface area contributed by atoms with Crippen LogP contribution in [0.4, 0.5) is 0 Å². The summed E-state index contributed by atoms with van der Waals surface area (Å²) < 4.78 is 10.2. The maximum Gasteiger partial charge on any atom is 0.337 e. The Labute approximate surface area is 142 Å². The fourth-order valence-corrected chi connectivity index (χ4v) is 3.37. The van der Waals surface area contributed by atoms with Gasteiger partial charge in [-0.25, -0.2) is 4.79 Å². The molecule has 0 aromatic heterocycles. The van der Waals surface area contributed by atoms with E-state index < -0.39 is 0 Å². The van der Waals surface area contributed by atoms with Crippen LogP contribution in [0.1, 0.15) is 46.0 Å². The Hall–Kier alpha value is -2.55. The Bertz CT molecular complexity index is 831. The second-order valence-corrected chi connectivity index (χ2v) is 6.20. The van der Waals surface area contributed by atoms with E-state index in [1.807, 2.05) is 30.3 Å². The third-order valence-corrected chi connectivity index (χ3v) is 4.70. The Morgan fingerprint density at radius 1 is 0.958 bits per heavy atom. The van der Waals surface area contributed by atoms with Crippen molar-refractivity contribution in [1.82, 2.24) is 0 Å². The molecule has 24 heavy (non-hydrogen) atoms. The molecule has 0 unspecified atom stereocenters. The van der Waals surface area contributed by atoms with Gasteiger partial charge in [-0.2, -0.15) is 0 Å². The van der Waals surface area contributed by atoms with Crippen molar-refractivity contribution >= 4 is 11.5 Å². The maximum atomic E-state index is 11.9. The van der Waals surface area contributed by atoms with Gasteiger partial charge < -0.3 is 9.47 Å². The Kier molecular flexibility index (Phi) is 4.43. The standard InChI is InChI=1S/C21H22O3/c1-13-5-6-15-7-8-16(21(22)24-4)12-19(15)20(13)18-10-9-17(23-3)11-14(18)2/h7-12H,5-6H2,1-4H3. The van der Waals surface area contributed by atoms with Gasteiger partial charge in [0.1, 0.15) is 5.75 Å². The summed E-state index contributed by atoms with van der Waals surface area (Å²) in [6.45, 7) is 4.27. The highest BCUT2D eigenvalue weighted by molar-refractivity contribution is 5.93. The van der Waals surface area contributed by atoms with Crippen molar-refractivity contribution in [2.24, 2.45) is 0 Å². The predicted octanol–water partition coefficient (Wildman–Crippen LogP) is 4.56. The van der Waals surface area contributed by atoms with Gasteiger partial charge in [0.25, 0.3) is 0 Å². The van der Waals surface area contributed by atoms with Gasteiger partial charge in [-0.1, -0.05) is 17.7 Å². The van der Waals surface area contributed by atoms with E-state index in [-0.39, 0.29) is 5.97 Å². The van der Waals surface area contributed by atoms with Crippen molar-refractivity contribution in [3.05, 3.63) is 69.8 Å². The lowest BCUT2D eigenvalue weighted by molar-refractivity contribution is 0.0600. The highest BCUT2D eigenvalue weighted by Gasteiger charge is 2.21. The molecule has 0 amide bonds. The fourth-order valence-electron chi connectivity index (χ4n) is 3.37. The number of methoxy groups -OCH3 is 2. The van der Waals surface area contributed by atoms with Gasteiger partial charge in [-0.05, 0) is 78.8 Å². The second kappa shape index (κ2) is 6.52. The number of aryl methyl sites for hydroxylation is 2. The molecule has 124 valence electrons. The minimum atomic E-state index is -0.299. The van der Waals surface area contributed by atoms with E-state index in [0.29, 0.717) is 5.56 Å². The van der Waals surface area contributed by atoms with E-state index in [4.69, 9.17) is 9.47 Å². The van der Waals surface area contributed by atoms with Gasteiger partial charge >= 0.3 is 5.97 Å². The monoisotopic (exact) mass is 322 g/mol. The van der Waals surface area contributed by atoms with Crippen LogP contribution >= 0.6 is 0 Å². The molecule has 0 heterocycles.